The van der Waals surface area contributed by atoms with Gasteiger partial charge in [-0.05, 0) is 24.3 Å². The van der Waals surface area contributed by atoms with E-state index in [-0.39, 0.29) is 10.3 Å². The summed E-state index contributed by atoms with van der Waals surface area (Å²) in [4.78, 5) is 28.4. The molecule has 0 bridgehead atoms. The lowest BCUT2D eigenvalue weighted by atomic mass is 10.2. The Bertz CT molecular complexity index is 1350. The van der Waals surface area contributed by atoms with Crippen LogP contribution in [0.25, 0.3) is 10.8 Å². The van der Waals surface area contributed by atoms with Crippen LogP contribution >= 0.6 is 11.3 Å². The van der Waals surface area contributed by atoms with Crippen LogP contribution in [0.15, 0.2) is 79.8 Å². The lowest BCUT2D eigenvalue weighted by Crippen LogP contribution is -2.32. The van der Waals surface area contributed by atoms with Gasteiger partial charge in [0.1, 0.15) is 5.00 Å². The molecule has 2 N–H and O–H groups in total. The van der Waals surface area contributed by atoms with Crippen LogP contribution in [0.4, 0.5) is 10.7 Å². The molecule has 0 fully saturated rings. The van der Waals surface area contributed by atoms with Crippen LogP contribution in [0.3, 0.4) is 0 Å². The number of nitrogens with zero attached hydrogens (tertiary/aromatic N) is 2. The van der Waals surface area contributed by atoms with Gasteiger partial charge in [0.25, 0.3) is 10.0 Å². The van der Waals surface area contributed by atoms with Crippen molar-refractivity contribution in [2.75, 3.05) is 10.1 Å². The average Bonchev–Trinajstić information content (AvgIpc) is 3.28. The Labute approximate surface area is 162 Å². The molecule has 0 aliphatic rings. The van der Waals surface area contributed by atoms with E-state index in [0.717, 1.165) is 0 Å². The lowest BCUT2D eigenvalue weighted by Gasteiger charge is -2.06. The molecule has 0 spiro atoms. The number of aromatic nitrogens is 1. The Morgan fingerprint density at radius 3 is 2.14 bits per heavy atom. The Hall–Kier alpha value is -3.37. The molecule has 4 rings (SSSR count). The fourth-order valence-corrected chi connectivity index (χ4v) is 4.43. The molecule has 1 heterocycles. The second kappa shape index (κ2) is 6.98. The fourth-order valence-electron chi connectivity index (χ4n) is 2.63. The molecular weight excluding hydrogens is 400 g/mol. The molecule has 0 saturated carbocycles. The van der Waals surface area contributed by atoms with Crippen molar-refractivity contribution in [3.8, 4) is 0 Å². The van der Waals surface area contributed by atoms with Gasteiger partial charge < -0.3 is 0 Å². The molecule has 0 radical (unpaired) electrons. The molecule has 0 atom stereocenters. The Morgan fingerprint density at radius 2 is 1.57 bits per heavy atom. The van der Waals surface area contributed by atoms with Crippen LogP contribution in [0, 0.1) is 0 Å². The Balaban J connectivity index is 1.60. The predicted molar refractivity (Wildman–Crippen MR) is 107 cm³/mol. The molecule has 3 aromatic carbocycles. The van der Waals surface area contributed by atoms with Crippen molar-refractivity contribution in [1.82, 2.24) is 4.98 Å². The maximum atomic E-state index is 12.3. The molecule has 140 valence electrons. The summed E-state index contributed by atoms with van der Waals surface area (Å²) < 4.78 is 27.1. The van der Waals surface area contributed by atoms with Crippen LogP contribution in [0.5, 0.6) is 0 Å². The SMILES string of the molecule is O=c1c(=NNc2ccc(S(=O)(=O)Nc3cncs3)cc2)c(=O)c2ccccc12. The van der Waals surface area contributed by atoms with E-state index in [1.807, 2.05) is 0 Å². The molecule has 0 saturated heterocycles. The third kappa shape index (κ3) is 3.30. The molecule has 0 aliphatic carbocycles. The van der Waals surface area contributed by atoms with Crippen molar-refractivity contribution >= 4 is 42.8 Å². The summed E-state index contributed by atoms with van der Waals surface area (Å²) in [6.45, 7) is 0. The Kier molecular flexibility index (Phi) is 4.49. The summed E-state index contributed by atoms with van der Waals surface area (Å²) >= 11 is 1.17. The second-order valence-corrected chi connectivity index (χ2v) is 8.34. The highest BCUT2D eigenvalue weighted by Gasteiger charge is 2.15. The molecule has 4 aromatic rings. The van der Waals surface area contributed by atoms with Gasteiger partial charge in [0.05, 0.1) is 22.3 Å². The molecule has 10 heteroatoms. The zero-order chi connectivity index (χ0) is 19.7. The van der Waals surface area contributed by atoms with Crippen molar-refractivity contribution in [2.24, 2.45) is 5.10 Å². The predicted octanol–water partition coefficient (Wildman–Crippen LogP) is 1.62. The van der Waals surface area contributed by atoms with Crippen molar-refractivity contribution in [3.05, 3.63) is 86.0 Å². The third-order valence-electron chi connectivity index (χ3n) is 3.98. The minimum absolute atomic E-state index is 0.0551. The van der Waals surface area contributed by atoms with E-state index in [0.29, 0.717) is 21.5 Å². The van der Waals surface area contributed by atoms with E-state index >= 15 is 0 Å². The molecule has 0 unspecified atom stereocenters. The second-order valence-electron chi connectivity index (χ2n) is 5.77. The van der Waals surface area contributed by atoms with Gasteiger partial charge in [-0.25, -0.2) is 8.42 Å². The van der Waals surface area contributed by atoms with Gasteiger partial charge in [-0.15, -0.1) is 11.3 Å². The zero-order valence-corrected chi connectivity index (χ0v) is 15.8. The third-order valence-corrected chi connectivity index (χ3v) is 6.17. The molecule has 1 aromatic heterocycles. The van der Waals surface area contributed by atoms with Crippen LogP contribution in [0.2, 0.25) is 0 Å². The summed E-state index contributed by atoms with van der Waals surface area (Å²) in [6, 6.07) is 12.3. The number of fused-ring (bicyclic) bond motifs is 1. The summed E-state index contributed by atoms with van der Waals surface area (Å²) in [7, 11) is -3.74. The first-order valence-corrected chi connectivity index (χ1v) is 10.4. The van der Waals surface area contributed by atoms with Crippen LogP contribution in [-0.4, -0.2) is 13.4 Å². The van der Waals surface area contributed by atoms with Crippen molar-refractivity contribution in [2.45, 2.75) is 4.90 Å². The first-order chi connectivity index (χ1) is 13.5. The summed E-state index contributed by atoms with van der Waals surface area (Å²) in [5.74, 6) is 0. The number of thiazole rings is 1. The monoisotopic (exact) mass is 412 g/mol. The van der Waals surface area contributed by atoms with Gasteiger partial charge >= 0.3 is 0 Å². The standard InChI is InChI=1S/C18H12N4O4S2/c23-17-13-3-1-2-4-14(13)18(24)16(17)21-20-11-5-7-12(8-6-11)28(25,26)22-15-9-19-10-27-15/h1-10,20,22H. The Morgan fingerprint density at radius 1 is 0.929 bits per heavy atom. The number of sulfonamides is 1. The summed E-state index contributed by atoms with van der Waals surface area (Å²) in [5.41, 5.74) is 3.70. The van der Waals surface area contributed by atoms with Crippen molar-refractivity contribution in [1.29, 1.82) is 0 Å². The van der Waals surface area contributed by atoms with E-state index < -0.39 is 20.9 Å². The smallest absolute Gasteiger partial charge is 0.262 e. The number of hydrogen-bond acceptors (Lipinski definition) is 8. The number of anilines is 2. The summed E-state index contributed by atoms with van der Waals surface area (Å²) in [5, 5.41) is 4.77. The van der Waals surface area contributed by atoms with Gasteiger partial charge in [-0.1, -0.05) is 24.3 Å². The number of benzene rings is 2. The minimum atomic E-state index is -3.74. The van der Waals surface area contributed by atoms with E-state index in [2.05, 4.69) is 20.2 Å². The first kappa shape index (κ1) is 18.0. The largest absolute Gasteiger partial charge is 0.287 e. The van der Waals surface area contributed by atoms with E-state index in [9.17, 15) is 18.0 Å². The molecule has 0 aliphatic heterocycles. The normalized spacial score (nSPS) is 11.4. The minimum Gasteiger partial charge on any atom is -0.287 e. The first-order valence-electron chi connectivity index (χ1n) is 7.99. The van der Waals surface area contributed by atoms with Gasteiger partial charge in [-0.2, -0.15) is 5.10 Å². The van der Waals surface area contributed by atoms with Gasteiger partial charge in [0.15, 0.2) is 5.36 Å². The number of hydrogen-bond donors (Lipinski definition) is 2. The van der Waals surface area contributed by atoms with E-state index in [4.69, 9.17) is 0 Å². The quantitative estimate of drug-likeness (QED) is 0.481. The zero-order valence-electron chi connectivity index (χ0n) is 14.1. The van der Waals surface area contributed by atoms with Crippen LogP contribution < -0.4 is 26.4 Å². The maximum absolute atomic E-state index is 12.3. The molecule has 8 nitrogen and oxygen atoms in total. The van der Waals surface area contributed by atoms with E-state index in [1.165, 1.54) is 47.3 Å². The van der Waals surface area contributed by atoms with Gasteiger partial charge in [0, 0.05) is 10.8 Å². The average molecular weight is 412 g/mol. The van der Waals surface area contributed by atoms with E-state index in [1.54, 1.807) is 24.3 Å². The van der Waals surface area contributed by atoms with Gasteiger partial charge in [0.2, 0.25) is 10.9 Å². The van der Waals surface area contributed by atoms with Crippen LogP contribution in [-0.2, 0) is 10.0 Å². The maximum Gasteiger partial charge on any atom is 0.262 e. The van der Waals surface area contributed by atoms with Gasteiger partial charge in [-0.3, -0.25) is 24.7 Å². The topological polar surface area (TPSA) is 118 Å². The molecule has 28 heavy (non-hydrogen) atoms. The molecular formula is C18H12N4O4S2. The molecule has 0 amide bonds. The summed E-state index contributed by atoms with van der Waals surface area (Å²) in [6.07, 6.45) is 1.42. The lowest BCUT2D eigenvalue weighted by molar-refractivity contribution is 0.601. The number of nitrogens with one attached hydrogen (secondary N) is 2. The highest BCUT2D eigenvalue weighted by atomic mass is 32.2. The van der Waals surface area contributed by atoms with Crippen molar-refractivity contribution < 1.29 is 8.42 Å². The highest BCUT2D eigenvalue weighted by Crippen LogP contribution is 2.20. The number of rotatable bonds is 5. The highest BCUT2D eigenvalue weighted by molar-refractivity contribution is 7.93. The fraction of sp³-hybridized carbons (Fsp3) is 0. The van der Waals surface area contributed by atoms with Crippen molar-refractivity contribution in [3.63, 3.8) is 0 Å². The van der Waals surface area contributed by atoms with Crippen LogP contribution in [0.1, 0.15) is 0 Å².